The van der Waals surface area contributed by atoms with Crippen molar-refractivity contribution in [2.45, 2.75) is 6.42 Å². The van der Waals surface area contributed by atoms with E-state index in [1.54, 1.807) is 7.11 Å². The molecule has 2 rings (SSSR count). The van der Waals surface area contributed by atoms with Gasteiger partial charge in [-0.05, 0) is 24.6 Å². The van der Waals surface area contributed by atoms with Crippen LogP contribution in [0.25, 0.3) is 11.8 Å². The zero-order valence-corrected chi connectivity index (χ0v) is 12.8. The number of carbonyl (C=O) groups is 1. The van der Waals surface area contributed by atoms with Crippen LogP contribution in [-0.4, -0.2) is 41.2 Å². The molecule has 7 nitrogen and oxygen atoms in total. The minimum absolute atomic E-state index is 0.0115. The number of amides is 1. The summed E-state index contributed by atoms with van der Waals surface area (Å²) in [6, 6.07) is 11.3. The summed E-state index contributed by atoms with van der Waals surface area (Å²) in [5, 5.41) is 20.1. The molecule has 1 N–H and O–H groups in total. The van der Waals surface area contributed by atoms with E-state index in [1.165, 1.54) is 17.1 Å². The number of ether oxygens (including phenoxy) is 1. The van der Waals surface area contributed by atoms with Gasteiger partial charge in [0, 0.05) is 20.3 Å². The monoisotopic (exact) mass is 311 g/mol. The molecule has 0 aliphatic carbocycles. The van der Waals surface area contributed by atoms with Crippen molar-refractivity contribution in [1.29, 1.82) is 5.26 Å². The van der Waals surface area contributed by atoms with Crippen molar-refractivity contribution in [3.05, 3.63) is 47.8 Å². The fourth-order valence-corrected chi connectivity index (χ4v) is 1.84. The highest BCUT2D eigenvalue weighted by Gasteiger charge is 2.10. The lowest BCUT2D eigenvalue weighted by molar-refractivity contribution is -0.117. The lowest BCUT2D eigenvalue weighted by Crippen LogP contribution is -2.26. The third-order valence-corrected chi connectivity index (χ3v) is 2.96. The molecule has 1 aromatic carbocycles. The van der Waals surface area contributed by atoms with Crippen LogP contribution in [0, 0.1) is 11.3 Å². The Morgan fingerprint density at radius 2 is 2.22 bits per heavy atom. The first-order valence-corrected chi connectivity index (χ1v) is 7.11. The van der Waals surface area contributed by atoms with Gasteiger partial charge in [0.15, 0.2) is 0 Å². The molecule has 0 radical (unpaired) electrons. The van der Waals surface area contributed by atoms with Crippen LogP contribution >= 0.6 is 0 Å². The predicted molar refractivity (Wildman–Crippen MR) is 84.5 cm³/mol. The van der Waals surface area contributed by atoms with E-state index in [0.29, 0.717) is 25.3 Å². The number of para-hydroxylation sites is 1. The molecule has 118 valence electrons. The first-order chi connectivity index (χ1) is 11.2. The molecule has 0 aliphatic rings. The molecule has 1 heterocycles. The first kappa shape index (κ1) is 16.4. The molecule has 0 unspecified atom stereocenters. The van der Waals surface area contributed by atoms with Crippen molar-refractivity contribution in [3.63, 3.8) is 0 Å². The van der Waals surface area contributed by atoms with Crippen LogP contribution in [0.15, 0.2) is 42.1 Å². The van der Waals surface area contributed by atoms with Gasteiger partial charge in [0.2, 0.25) is 0 Å². The zero-order chi connectivity index (χ0) is 16.5. The number of nitrogens with zero attached hydrogens (tertiary/aromatic N) is 4. The standard InChI is InChI=1S/C16H17N5O2/c1-23-9-5-8-18-16(22)13(11-17)10-14-12-19-21(20-14)15-6-3-2-4-7-15/h2-4,6-7,10,12H,5,8-9H2,1H3,(H,18,22)/b13-10-. The van der Waals surface area contributed by atoms with E-state index in [4.69, 9.17) is 10.00 Å². The molecule has 1 aromatic heterocycles. The zero-order valence-electron chi connectivity index (χ0n) is 12.8. The second-order valence-corrected chi connectivity index (χ2v) is 4.67. The van der Waals surface area contributed by atoms with Crippen LogP contribution < -0.4 is 5.32 Å². The SMILES string of the molecule is COCCCNC(=O)/C(C#N)=C\c1cnn(-c2ccccc2)n1. The summed E-state index contributed by atoms with van der Waals surface area (Å²) in [4.78, 5) is 13.4. The van der Waals surface area contributed by atoms with E-state index in [1.807, 2.05) is 36.4 Å². The number of benzene rings is 1. The van der Waals surface area contributed by atoms with Crippen molar-refractivity contribution >= 4 is 12.0 Å². The number of nitriles is 1. The maximum absolute atomic E-state index is 11.9. The number of hydrogen-bond donors (Lipinski definition) is 1. The van der Waals surface area contributed by atoms with Gasteiger partial charge in [0.1, 0.15) is 17.3 Å². The van der Waals surface area contributed by atoms with Crippen molar-refractivity contribution in [2.75, 3.05) is 20.3 Å². The summed E-state index contributed by atoms with van der Waals surface area (Å²) in [6.07, 6.45) is 3.60. The van der Waals surface area contributed by atoms with Gasteiger partial charge in [-0.1, -0.05) is 18.2 Å². The highest BCUT2D eigenvalue weighted by Crippen LogP contribution is 2.07. The molecule has 0 bridgehead atoms. The molecule has 0 saturated carbocycles. The van der Waals surface area contributed by atoms with Gasteiger partial charge in [-0.3, -0.25) is 4.79 Å². The minimum atomic E-state index is -0.433. The second-order valence-electron chi connectivity index (χ2n) is 4.67. The summed E-state index contributed by atoms with van der Waals surface area (Å²) in [5.74, 6) is -0.433. The lowest BCUT2D eigenvalue weighted by Gasteiger charge is -2.02. The summed E-state index contributed by atoms with van der Waals surface area (Å²) < 4.78 is 4.90. The molecule has 0 fully saturated rings. The number of aromatic nitrogens is 3. The van der Waals surface area contributed by atoms with Crippen LogP contribution in [-0.2, 0) is 9.53 Å². The Kier molecular flexibility index (Phi) is 6.03. The number of hydrogen-bond acceptors (Lipinski definition) is 5. The Morgan fingerprint density at radius 3 is 2.91 bits per heavy atom. The molecule has 0 saturated heterocycles. The highest BCUT2D eigenvalue weighted by atomic mass is 16.5. The van der Waals surface area contributed by atoms with Crippen LogP contribution in [0.3, 0.4) is 0 Å². The Morgan fingerprint density at radius 1 is 1.43 bits per heavy atom. The molecular formula is C16H17N5O2. The average molecular weight is 311 g/mol. The fourth-order valence-electron chi connectivity index (χ4n) is 1.84. The largest absolute Gasteiger partial charge is 0.385 e. The Labute approximate surface area is 134 Å². The lowest BCUT2D eigenvalue weighted by atomic mass is 10.2. The van der Waals surface area contributed by atoms with Gasteiger partial charge in [0.25, 0.3) is 5.91 Å². The number of rotatable bonds is 7. The Bertz CT molecular complexity index is 716. The molecule has 7 heteroatoms. The van der Waals surface area contributed by atoms with E-state index >= 15 is 0 Å². The fraction of sp³-hybridized carbons (Fsp3) is 0.250. The maximum Gasteiger partial charge on any atom is 0.262 e. The van der Waals surface area contributed by atoms with Crippen LogP contribution in [0.4, 0.5) is 0 Å². The maximum atomic E-state index is 11.9. The van der Waals surface area contributed by atoms with E-state index in [0.717, 1.165) is 5.69 Å². The number of methoxy groups -OCH3 is 1. The Hall–Kier alpha value is -2.98. The summed E-state index contributed by atoms with van der Waals surface area (Å²) in [5.41, 5.74) is 1.23. The number of nitrogens with one attached hydrogen (secondary N) is 1. The molecular weight excluding hydrogens is 294 g/mol. The molecule has 0 spiro atoms. The highest BCUT2D eigenvalue weighted by molar-refractivity contribution is 6.01. The summed E-state index contributed by atoms with van der Waals surface area (Å²) in [6.45, 7) is 1.000. The van der Waals surface area contributed by atoms with Gasteiger partial charge in [-0.25, -0.2) is 0 Å². The average Bonchev–Trinajstić information content (AvgIpc) is 3.06. The van der Waals surface area contributed by atoms with Gasteiger partial charge in [-0.2, -0.15) is 15.2 Å². The van der Waals surface area contributed by atoms with Crippen molar-refractivity contribution in [1.82, 2.24) is 20.3 Å². The van der Waals surface area contributed by atoms with Crippen molar-refractivity contribution < 1.29 is 9.53 Å². The minimum Gasteiger partial charge on any atom is -0.385 e. The third kappa shape index (κ3) is 4.76. The molecule has 0 atom stereocenters. The molecule has 1 amide bonds. The smallest absolute Gasteiger partial charge is 0.262 e. The van der Waals surface area contributed by atoms with Crippen LogP contribution in [0.5, 0.6) is 0 Å². The van der Waals surface area contributed by atoms with Gasteiger partial charge < -0.3 is 10.1 Å². The first-order valence-electron chi connectivity index (χ1n) is 7.11. The topological polar surface area (TPSA) is 92.8 Å². The molecule has 23 heavy (non-hydrogen) atoms. The second kappa shape index (κ2) is 8.46. The van der Waals surface area contributed by atoms with E-state index in [2.05, 4.69) is 15.5 Å². The molecule has 2 aromatic rings. The summed E-state index contributed by atoms with van der Waals surface area (Å²) in [7, 11) is 1.60. The van der Waals surface area contributed by atoms with Crippen molar-refractivity contribution in [3.8, 4) is 11.8 Å². The van der Waals surface area contributed by atoms with Gasteiger partial charge >= 0.3 is 0 Å². The van der Waals surface area contributed by atoms with Crippen molar-refractivity contribution in [2.24, 2.45) is 0 Å². The summed E-state index contributed by atoms with van der Waals surface area (Å²) >= 11 is 0. The Balaban J connectivity index is 2.05. The van der Waals surface area contributed by atoms with E-state index < -0.39 is 5.91 Å². The van der Waals surface area contributed by atoms with E-state index in [-0.39, 0.29) is 5.57 Å². The quantitative estimate of drug-likeness (QED) is 0.473. The number of carbonyl (C=O) groups excluding carboxylic acids is 1. The van der Waals surface area contributed by atoms with Crippen LogP contribution in [0.2, 0.25) is 0 Å². The van der Waals surface area contributed by atoms with Gasteiger partial charge in [-0.15, -0.1) is 5.10 Å². The van der Waals surface area contributed by atoms with Gasteiger partial charge in [0.05, 0.1) is 11.9 Å². The normalized spacial score (nSPS) is 11.0. The van der Waals surface area contributed by atoms with E-state index in [9.17, 15) is 4.79 Å². The third-order valence-electron chi connectivity index (χ3n) is 2.96. The van der Waals surface area contributed by atoms with Crippen LogP contribution in [0.1, 0.15) is 12.1 Å². The molecule has 0 aliphatic heterocycles. The predicted octanol–water partition coefficient (Wildman–Crippen LogP) is 1.33.